The zero-order valence-corrected chi connectivity index (χ0v) is 7.66. The average molecular weight is 166 g/mol. The quantitative estimate of drug-likeness (QED) is 0.696. The molecule has 0 aliphatic heterocycles. The summed E-state index contributed by atoms with van der Waals surface area (Å²) in [5, 5.41) is 8.48. The van der Waals surface area contributed by atoms with Crippen LogP contribution in [0.5, 0.6) is 0 Å². The van der Waals surface area contributed by atoms with Gasteiger partial charge in [-0.25, -0.2) is 4.79 Å². The predicted molar refractivity (Wildman–Crippen MR) is 49.5 cm³/mol. The maximum Gasteiger partial charge on any atom is 0.335 e. The molecule has 2 nitrogen and oxygen atoms in total. The van der Waals surface area contributed by atoms with Crippen LogP contribution in [0.1, 0.15) is 29.8 Å². The summed E-state index contributed by atoms with van der Waals surface area (Å²) in [6, 6.07) is 6.75. The average Bonchev–Trinajstić information content (AvgIpc) is 2.09. The van der Waals surface area contributed by atoms with Gasteiger partial charge < -0.3 is 5.11 Å². The predicted octanol–water partition coefficient (Wildman–Crippen LogP) is 2.72. The van der Waals surface area contributed by atoms with Crippen molar-refractivity contribution >= 4 is 5.97 Å². The van der Waals surface area contributed by atoms with Gasteiger partial charge in [0.15, 0.2) is 0 Å². The molecule has 1 aromatic rings. The molecule has 0 bridgehead atoms. The summed E-state index contributed by atoms with van der Waals surface area (Å²) < 4.78 is 0. The van der Waals surface area contributed by atoms with Crippen LogP contribution in [-0.2, 0) is 0 Å². The summed E-state index contributed by atoms with van der Waals surface area (Å²) in [4.78, 5) is 10.3. The van der Waals surface area contributed by atoms with Gasteiger partial charge in [-0.3, -0.25) is 0 Å². The lowest BCUT2D eigenvalue weighted by Gasteiger charge is -1.92. The lowest BCUT2D eigenvalue weighted by atomic mass is 10.2. The number of hydrogen-bond acceptors (Lipinski definition) is 1. The number of hydrogen-bond donors (Lipinski definition) is 1. The zero-order chi connectivity index (χ0) is 9.56. The lowest BCUT2D eigenvalue weighted by molar-refractivity contribution is 0.0697. The van der Waals surface area contributed by atoms with E-state index in [1.165, 1.54) is 0 Å². The standard InChI is InChI=1S/C8H8O2.C2H6/c1-6-2-4-7(5-3-6)8(9)10;1-2/h2-5H,1H3,(H,9,10);1-2H3. The first-order chi connectivity index (χ1) is 5.70. The molecule has 1 aromatic carbocycles. The molecule has 0 heterocycles. The highest BCUT2D eigenvalue weighted by molar-refractivity contribution is 5.87. The molecule has 0 amide bonds. The summed E-state index contributed by atoms with van der Waals surface area (Å²) >= 11 is 0. The molecule has 0 aromatic heterocycles. The molecule has 2 heteroatoms. The van der Waals surface area contributed by atoms with Gasteiger partial charge in [0.05, 0.1) is 5.56 Å². The van der Waals surface area contributed by atoms with E-state index < -0.39 is 5.97 Å². The monoisotopic (exact) mass is 166 g/mol. The van der Waals surface area contributed by atoms with E-state index in [0.29, 0.717) is 5.56 Å². The third kappa shape index (κ3) is 3.19. The van der Waals surface area contributed by atoms with Crippen LogP contribution in [0.4, 0.5) is 0 Å². The van der Waals surface area contributed by atoms with Crippen LogP contribution in [0.3, 0.4) is 0 Å². The number of carboxylic acid groups (broad SMARTS) is 1. The Hall–Kier alpha value is -1.31. The van der Waals surface area contributed by atoms with E-state index in [0.717, 1.165) is 5.56 Å². The summed E-state index contributed by atoms with van der Waals surface area (Å²) in [7, 11) is 0. The van der Waals surface area contributed by atoms with E-state index in [9.17, 15) is 4.79 Å². The van der Waals surface area contributed by atoms with Crippen LogP contribution in [0, 0.1) is 6.92 Å². The topological polar surface area (TPSA) is 37.3 Å². The van der Waals surface area contributed by atoms with Crippen molar-refractivity contribution in [2.24, 2.45) is 0 Å². The van der Waals surface area contributed by atoms with Crippen molar-refractivity contribution in [3.05, 3.63) is 35.4 Å². The van der Waals surface area contributed by atoms with Crippen LogP contribution in [-0.4, -0.2) is 11.1 Å². The van der Waals surface area contributed by atoms with Crippen molar-refractivity contribution in [2.75, 3.05) is 0 Å². The number of aromatic carboxylic acids is 1. The van der Waals surface area contributed by atoms with E-state index in [2.05, 4.69) is 0 Å². The molecule has 0 spiro atoms. The Morgan fingerprint density at radius 1 is 1.17 bits per heavy atom. The molecule has 1 rings (SSSR count). The minimum atomic E-state index is -0.875. The van der Waals surface area contributed by atoms with Gasteiger partial charge in [0.1, 0.15) is 0 Å². The number of aryl methyl sites for hydroxylation is 1. The van der Waals surface area contributed by atoms with Gasteiger partial charge in [0.2, 0.25) is 0 Å². The van der Waals surface area contributed by atoms with Crippen molar-refractivity contribution in [1.29, 1.82) is 0 Å². The van der Waals surface area contributed by atoms with Crippen molar-refractivity contribution in [3.8, 4) is 0 Å². The third-order valence-electron chi connectivity index (χ3n) is 1.30. The Kier molecular flexibility index (Phi) is 4.77. The zero-order valence-electron chi connectivity index (χ0n) is 7.66. The Balaban J connectivity index is 0.000000561. The van der Waals surface area contributed by atoms with Crippen molar-refractivity contribution in [3.63, 3.8) is 0 Å². The third-order valence-corrected chi connectivity index (χ3v) is 1.30. The molecule has 12 heavy (non-hydrogen) atoms. The Morgan fingerprint density at radius 2 is 1.58 bits per heavy atom. The highest BCUT2D eigenvalue weighted by Gasteiger charge is 1.98. The first kappa shape index (κ1) is 10.7. The molecule has 0 unspecified atom stereocenters. The molecule has 0 saturated heterocycles. The van der Waals surface area contributed by atoms with Crippen LogP contribution in [0.2, 0.25) is 0 Å². The molecular weight excluding hydrogens is 152 g/mol. The Morgan fingerprint density at radius 3 is 1.92 bits per heavy atom. The molecule has 66 valence electrons. The molecule has 0 saturated carbocycles. The van der Waals surface area contributed by atoms with E-state index >= 15 is 0 Å². The molecule has 0 aliphatic carbocycles. The smallest absolute Gasteiger partial charge is 0.335 e. The maximum absolute atomic E-state index is 10.3. The Bertz CT molecular complexity index is 237. The van der Waals surface area contributed by atoms with E-state index in [-0.39, 0.29) is 0 Å². The summed E-state index contributed by atoms with van der Waals surface area (Å²) in [5.74, 6) is -0.875. The van der Waals surface area contributed by atoms with Gasteiger partial charge in [0, 0.05) is 0 Å². The molecule has 0 fully saturated rings. The fourth-order valence-electron chi connectivity index (χ4n) is 0.696. The second kappa shape index (κ2) is 5.35. The minimum Gasteiger partial charge on any atom is -0.478 e. The fourth-order valence-corrected chi connectivity index (χ4v) is 0.696. The number of carboxylic acids is 1. The first-order valence-corrected chi connectivity index (χ1v) is 4.00. The van der Waals surface area contributed by atoms with Gasteiger partial charge in [-0.05, 0) is 19.1 Å². The molecule has 0 aliphatic rings. The molecular formula is C10H14O2. The van der Waals surface area contributed by atoms with Gasteiger partial charge in [-0.15, -0.1) is 0 Å². The van der Waals surface area contributed by atoms with Crippen molar-refractivity contribution in [2.45, 2.75) is 20.8 Å². The number of carbonyl (C=O) groups is 1. The molecule has 0 atom stereocenters. The number of benzene rings is 1. The van der Waals surface area contributed by atoms with Crippen LogP contribution in [0.15, 0.2) is 24.3 Å². The van der Waals surface area contributed by atoms with E-state index in [4.69, 9.17) is 5.11 Å². The van der Waals surface area contributed by atoms with Crippen molar-refractivity contribution < 1.29 is 9.90 Å². The van der Waals surface area contributed by atoms with Gasteiger partial charge >= 0.3 is 5.97 Å². The maximum atomic E-state index is 10.3. The fraction of sp³-hybridized carbons (Fsp3) is 0.300. The molecule has 1 N–H and O–H groups in total. The van der Waals surface area contributed by atoms with Crippen molar-refractivity contribution in [1.82, 2.24) is 0 Å². The second-order valence-electron chi connectivity index (χ2n) is 2.17. The van der Waals surface area contributed by atoms with Crippen LogP contribution < -0.4 is 0 Å². The highest BCUT2D eigenvalue weighted by Crippen LogP contribution is 2.01. The van der Waals surface area contributed by atoms with Crippen LogP contribution in [0.25, 0.3) is 0 Å². The largest absolute Gasteiger partial charge is 0.478 e. The number of rotatable bonds is 1. The lowest BCUT2D eigenvalue weighted by Crippen LogP contribution is -1.94. The first-order valence-electron chi connectivity index (χ1n) is 4.00. The van der Waals surface area contributed by atoms with Crippen LogP contribution >= 0.6 is 0 Å². The SMILES string of the molecule is CC.Cc1ccc(C(=O)O)cc1. The highest BCUT2D eigenvalue weighted by atomic mass is 16.4. The molecule has 0 radical (unpaired) electrons. The van der Waals surface area contributed by atoms with Gasteiger partial charge in [0.25, 0.3) is 0 Å². The van der Waals surface area contributed by atoms with E-state index in [1.54, 1.807) is 24.3 Å². The minimum absolute atomic E-state index is 0.339. The normalized spacial score (nSPS) is 8.25. The Labute approximate surface area is 72.9 Å². The van der Waals surface area contributed by atoms with Gasteiger partial charge in [-0.2, -0.15) is 0 Å². The summed E-state index contributed by atoms with van der Waals surface area (Å²) in [5.41, 5.74) is 1.41. The van der Waals surface area contributed by atoms with E-state index in [1.807, 2.05) is 20.8 Å². The van der Waals surface area contributed by atoms with Gasteiger partial charge in [-0.1, -0.05) is 31.5 Å². The second-order valence-corrected chi connectivity index (χ2v) is 2.17. The summed E-state index contributed by atoms with van der Waals surface area (Å²) in [6.07, 6.45) is 0. The summed E-state index contributed by atoms with van der Waals surface area (Å²) in [6.45, 7) is 5.92.